The van der Waals surface area contributed by atoms with Gasteiger partial charge in [0.1, 0.15) is 0 Å². The highest BCUT2D eigenvalue weighted by molar-refractivity contribution is 5.92. The van der Waals surface area contributed by atoms with Crippen LogP contribution in [0.3, 0.4) is 0 Å². The van der Waals surface area contributed by atoms with Crippen LogP contribution in [0.1, 0.15) is 22.5 Å². The number of hydrogen-bond acceptors (Lipinski definition) is 4. The van der Waals surface area contributed by atoms with Gasteiger partial charge in [-0.05, 0) is 18.2 Å². The van der Waals surface area contributed by atoms with E-state index in [4.69, 9.17) is 5.11 Å². The molecule has 1 N–H and O–H groups in total. The molecule has 0 aliphatic heterocycles. The van der Waals surface area contributed by atoms with Gasteiger partial charge in [0.25, 0.3) is 5.91 Å². The molecule has 2 aromatic rings. The lowest BCUT2D eigenvalue weighted by molar-refractivity contribution is -0.138. The van der Waals surface area contributed by atoms with Gasteiger partial charge < -0.3 is 10.0 Å². The number of rotatable bonds is 5. The number of aromatic nitrogens is 3. The van der Waals surface area contributed by atoms with Crippen LogP contribution in [0.5, 0.6) is 0 Å². The van der Waals surface area contributed by atoms with Crippen molar-refractivity contribution < 1.29 is 27.9 Å². The summed E-state index contributed by atoms with van der Waals surface area (Å²) in [6, 6.07) is 4.43. The Morgan fingerprint density at radius 3 is 2.67 bits per heavy atom. The summed E-state index contributed by atoms with van der Waals surface area (Å²) in [5.74, 6) is -1.63. The summed E-state index contributed by atoms with van der Waals surface area (Å²) in [5.41, 5.74) is -0.841. The van der Waals surface area contributed by atoms with Gasteiger partial charge in [0.2, 0.25) is 0 Å². The monoisotopic (exact) mass is 342 g/mol. The molecule has 0 bridgehead atoms. The van der Waals surface area contributed by atoms with Crippen molar-refractivity contribution in [3.8, 4) is 5.69 Å². The van der Waals surface area contributed by atoms with Gasteiger partial charge in [-0.15, -0.1) is 5.10 Å². The standard InChI is InChI=1S/C14H13F3N4O3/c1-20(6-5-12(22)23)13(24)11-8-21(19-18-11)10-4-2-3-9(7-10)14(15,16)17/h2-4,7-8H,5-6H2,1H3,(H,22,23). The Morgan fingerprint density at radius 1 is 1.33 bits per heavy atom. The van der Waals surface area contributed by atoms with E-state index in [1.165, 1.54) is 25.4 Å². The fourth-order valence-corrected chi connectivity index (χ4v) is 1.87. The fourth-order valence-electron chi connectivity index (χ4n) is 1.87. The normalized spacial score (nSPS) is 11.3. The number of benzene rings is 1. The molecule has 0 aliphatic rings. The Labute approximate surface area is 134 Å². The zero-order valence-electron chi connectivity index (χ0n) is 12.5. The molecule has 1 heterocycles. The number of alkyl halides is 3. The van der Waals surface area contributed by atoms with Crippen molar-refractivity contribution in [2.75, 3.05) is 13.6 Å². The summed E-state index contributed by atoms with van der Waals surface area (Å²) >= 11 is 0. The first-order chi connectivity index (χ1) is 11.2. The molecule has 0 unspecified atom stereocenters. The second-order valence-corrected chi connectivity index (χ2v) is 4.97. The van der Waals surface area contributed by atoms with Crippen molar-refractivity contribution in [2.24, 2.45) is 0 Å². The van der Waals surface area contributed by atoms with Gasteiger partial charge in [0.05, 0.1) is 23.9 Å². The molecule has 0 saturated carbocycles. The number of carboxylic acids is 1. The van der Waals surface area contributed by atoms with Crippen molar-refractivity contribution in [1.82, 2.24) is 19.9 Å². The third-order valence-corrected chi connectivity index (χ3v) is 3.16. The Kier molecular flexibility index (Phi) is 4.86. The van der Waals surface area contributed by atoms with E-state index in [1.807, 2.05) is 0 Å². The van der Waals surface area contributed by atoms with Gasteiger partial charge in [-0.25, -0.2) is 4.68 Å². The van der Waals surface area contributed by atoms with Crippen LogP contribution in [0.15, 0.2) is 30.5 Å². The second-order valence-electron chi connectivity index (χ2n) is 4.97. The SMILES string of the molecule is CN(CCC(=O)O)C(=O)c1cn(-c2cccc(C(F)(F)F)c2)nn1. The maximum absolute atomic E-state index is 12.7. The van der Waals surface area contributed by atoms with E-state index >= 15 is 0 Å². The highest BCUT2D eigenvalue weighted by Gasteiger charge is 2.30. The smallest absolute Gasteiger partial charge is 0.416 e. The van der Waals surface area contributed by atoms with Crippen molar-refractivity contribution in [3.05, 3.63) is 41.7 Å². The molecule has 2 rings (SSSR count). The largest absolute Gasteiger partial charge is 0.481 e. The molecule has 10 heteroatoms. The Bertz CT molecular complexity index is 758. The lowest BCUT2D eigenvalue weighted by Crippen LogP contribution is -2.29. The molecule has 24 heavy (non-hydrogen) atoms. The van der Waals surface area contributed by atoms with Gasteiger partial charge in [-0.1, -0.05) is 11.3 Å². The number of aliphatic carboxylic acids is 1. The van der Waals surface area contributed by atoms with Crippen molar-refractivity contribution >= 4 is 11.9 Å². The van der Waals surface area contributed by atoms with E-state index < -0.39 is 23.6 Å². The van der Waals surface area contributed by atoms with Crippen molar-refractivity contribution in [1.29, 1.82) is 0 Å². The van der Waals surface area contributed by atoms with Gasteiger partial charge >= 0.3 is 12.1 Å². The lowest BCUT2D eigenvalue weighted by Gasteiger charge is -2.13. The summed E-state index contributed by atoms with van der Waals surface area (Å²) in [4.78, 5) is 23.7. The Balaban J connectivity index is 2.19. The molecular weight excluding hydrogens is 329 g/mol. The van der Waals surface area contributed by atoms with Crippen LogP contribution in [0.2, 0.25) is 0 Å². The lowest BCUT2D eigenvalue weighted by atomic mass is 10.2. The van der Waals surface area contributed by atoms with E-state index in [0.29, 0.717) is 0 Å². The molecule has 1 amide bonds. The molecule has 0 aliphatic carbocycles. The minimum Gasteiger partial charge on any atom is -0.481 e. The first-order valence-corrected chi connectivity index (χ1v) is 6.75. The number of carbonyl (C=O) groups excluding carboxylic acids is 1. The van der Waals surface area contributed by atoms with Crippen LogP contribution in [0, 0.1) is 0 Å². The van der Waals surface area contributed by atoms with Gasteiger partial charge in [0.15, 0.2) is 5.69 Å². The average molecular weight is 342 g/mol. The zero-order valence-corrected chi connectivity index (χ0v) is 12.5. The molecule has 7 nitrogen and oxygen atoms in total. The van der Waals surface area contributed by atoms with E-state index in [2.05, 4.69) is 10.3 Å². The van der Waals surface area contributed by atoms with Crippen molar-refractivity contribution in [2.45, 2.75) is 12.6 Å². The number of nitrogens with zero attached hydrogens (tertiary/aromatic N) is 4. The minimum absolute atomic E-state index is 0.0232. The van der Waals surface area contributed by atoms with Crippen LogP contribution in [0.4, 0.5) is 13.2 Å². The summed E-state index contributed by atoms with van der Waals surface area (Å²) in [6.07, 6.45) is -3.54. The predicted molar refractivity (Wildman–Crippen MR) is 75.6 cm³/mol. The molecule has 128 valence electrons. The third kappa shape index (κ3) is 4.09. The summed E-state index contributed by atoms with van der Waals surface area (Å²) in [7, 11) is 1.40. The van der Waals surface area contributed by atoms with Crippen LogP contribution in [-0.2, 0) is 11.0 Å². The molecule has 0 spiro atoms. The molecule has 0 saturated heterocycles. The highest BCUT2D eigenvalue weighted by Crippen LogP contribution is 2.30. The zero-order chi connectivity index (χ0) is 17.9. The van der Waals surface area contributed by atoms with Crippen LogP contribution in [0.25, 0.3) is 5.69 Å². The maximum Gasteiger partial charge on any atom is 0.416 e. The highest BCUT2D eigenvalue weighted by atomic mass is 19.4. The summed E-state index contributed by atoms with van der Waals surface area (Å²) in [6.45, 7) is -0.0232. The number of amides is 1. The Hall–Kier alpha value is -2.91. The number of halogens is 3. The molecular formula is C14H13F3N4O3. The van der Waals surface area contributed by atoms with Gasteiger partial charge in [0, 0.05) is 13.6 Å². The second kappa shape index (κ2) is 6.69. The van der Waals surface area contributed by atoms with E-state index in [0.717, 1.165) is 21.7 Å². The van der Waals surface area contributed by atoms with E-state index in [1.54, 1.807) is 0 Å². The summed E-state index contributed by atoms with van der Waals surface area (Å²) < 4.78 is 39.2. The maximum atomic E-state index is 12.7. The first-order valence-electron chi connectivity index (χ1n) is 6.75. The molecule has 1 aromatic carbocycles. The Morgan fingerprint density at radius 2 is 2.04 bits per heavy atom. The minimum atomic E-state index is -4.49. The molecule has 0 radical (unpaired) electrons. The first kappa shape index (κ1) is 17.4. The predicted octanol–water partition coefficient (Wildman–Crippen LogP) is 1.83. The van der Waals surface area contributed by atoms with E-state index in [-0.39, 0.29) is 24.3 Å². The number of hydrogen-bond donors (Lipinski definition) is 1. The number of carbonyl (C=O) groups is 2. The number of carboxylic acid groups (broad SMARTS) is 1. The van der Waals surface area contributed by atoms with Gasteiger partial charge in [-0.2, -0.15) is 13.2 Å². The molecule has 0 fully saturated rings. The fraction of sp³-hybridized carbons (Fsp3) is 0.286. The van der Waals surface area contributed by atoms with Gasteiger partial charge in [-0.3, -0.25) is 9.59 Å². The van der Waals surface area contributed by atoms with Crippen LogP contribution >= 0.6 is 0 Å². The summed E-state index contributed by atoms with van der Waals surface area (Å²) in [5, 5.41) is 15.9. The van der Waals surface area contributed by atoms with Crippen molar-refractivity contribution in [3.63, 3.8) is 0 Å². The third-order valence-electron chi connectivity index (χ3n) is 3.16. The molecule has 1 aromatic heterocycles. The molecule has 0 atom stereocenters. The van der Waals surface area contributed by atoms with Crippen LogP contribution < -0.4 is 0 Å². The quantitative estimate of drug-likeness (QED) is 0.896. The topological polar surface area (TPSA) is 88.3 Å². The average Bonchev–Trinajstić information content (AvgIpc) is 3.01. The van der Waals surface area contributed by atoms with E-state index in [9.17, 15) is 22.8 Å². The van der Waals surface area contributed by atoms with Crippen LogP contribution in [-0.4, -0.2) is 50.5 Å².